The highest BCUT2D eigenvalue weighted by molar-refractivity contribution is 8.02. The first-order valence-electron chi connectivity index (χ1n) is 12.4. The number of methoxy groups -OCH3 is 1. The molecule has 3 N–H and O–H groups in total. The number of nitrogens with zero attached hydrogens (tertiary/aromatic N) is 1. The summed E-state index contributed by atoms with van der Waals surface area (Å²) in [4.78, 5) is 39.3. The quantitative estimate of drug-likeness (QED) is 0.218. The second kappa shape index (κ2) is 9.53. The number of fused-ring (bicyclic) bond motifs is 2. The average Bonchev–Trinajstić information content (AvgIpc) is 3.70. The molecular formula is C28H26N2O8S. The van der Waals surface area contributed by atoms with E-state index in [1.807, 2.05) is 30.3 Å². The molecule has 1 aromatic heterocycles. The van der Waals surface area contributed by atoms with Crippen molar-refractivity contribution in [3.8, 4) is 5.75 Å². The van der Waals surface area contributed by atoms with Crippen LogP contribution in [0.25, 0.3) is 11.0 Å². The van der Waals surface area contributed by atoms with Gasteiger partial charge in [-0.3, -0.25) is 14.5 Å². The first kappa shape index (κ1) is 25.6. The lowest BCUT2D eigenvalue weighted by molar-refractivity contribution is -0.196. The Hall–Kier alpha value is -3.64. The van der Waals surface area contributed by atoms with Gasteiger partial charge in [0.05, 0.1) is 12.1 Å². The number of ether oxygens (including phenoxy) is 2. The summed E-state index contributed by atoms with van der Waals surface area (Å²) < 4.78 is 16.4. The summed E-state index contributed by atoms with van der Waals surface area (Å²) in [6.45, 7) is -0.0145. The van der Waals surface area contributed by atoms with E-state index in [1.165, 1.54) is 29.8 Å². The normalized spacial score (nSPS) is 23.1. The third kappa shape index (κ3) is 4.31. The molecule has 1 spiro atoms. The van der Waals surface area contributed by atoms with Gasteiger partial charge in [-0.1, -0.05) is 30.3 Å². The van der Waals surface area contributed by atoms with Gasteiger partial charge in [0.1, 0.15) is 23.3 Å². The van der Waals surface area contributed by atoms with Crippen molar-refractivity contribution < 1.29 is 33.7 Å². The molecule has 3 heterocycles. The fourth-order valence-corrected chi connectivity index (χ4v) is 7.04. The smallest absolute Gasteiger partial charge is 0.336 e. The number of aliphatic hydroxyl groups excluding tert-OH is 1. The molecule has 0 radical (unpaired) electrons. The molecule has 39 heavy (non-hydrogen) atoms. The standard InChI is InChI=1S/C28H26N2O8S/c1-36-28(29-21(31)13-16-5-3-2-4-6-16)25(35)30-23(24(33)34)19(27(11-12-27)39-26(28)30)15-37-18-9-7-17-8-10-22(32)38-20(17)14-18/h2-10,14,24,26,33-34H,11-13,15H2,1H3,(H,29,31)/t26-,28+/m1/s1. The van der Waals surface area contributed by atoms with Crippen LogP contribution in [-0.2, 0) is 20.7 Å². The fraction of sp³-hybridized carbons (Fsp3) is 0.321. The van der Waals surface area contributed by atoms with Crippen molar-refractivity contribution in [3.05, 3.63) is 87.9 Å². The van der Waals surface area contributed by atoms with Crippen molar-refractivity contribution in [1.82, 2.24) is 10.2 Å². The molecule has 1 saturated heterocycles. The number of β-lactam (4-membered cyclic amide) rings is 1. The Labute approximate surface area is 227 Å². The molecule has 10 nitrogen and oxygen atoms in total. The molecule has 3 aliphatic rings. The minimum Gasteiger partial charge on any atom is -0.489 e. The van der Waals surface area contributed by atoms with Gasteiger partial charge in [0.25, 0.3) is 11.6 Å². The van der Waals surface area contributed by atoms with Crippen LogP contribution in [0, 0.1) is 0 Å². The Balaban J connectivity index is 1.27. The molecule has 6 rings (SSSR count). The zero-order chi connectivity index (χ0) is 27.4. The van der Waals surface area contributed by atoms with Crippen molar-refractivity contribution in [2.24, 2.45) is 0 Å². The lowest BCUT2D eigenvalue weighted by atomic mass is 9.95. The van der Waals surface area contributed by atoms with Gasteiger partial charge in [-0.05, 0) is 36.6 Å². The third-order valence-electron chi connectivity index (χ3n) is 7.36. The van der Waals surface area contributed by atoms with E-state index in [2.05, 4.69) is 5.32 Å². The van der Waals surface area contributed by atoms with Gasteiger partial charge in [0, 0.05) is 34.9 Å². The lowest BCUT2D eigenvalue weighted by Gasteiger charge is -2.58. The monoisotopic (exact) mass is 550 g/mol. The Morgan fingerprint density at radius 1 is 1.15 bits per heavy atom. The second-order valence-electron chi connectivity index (χ2n) is 9.77. The predicted octanol–water partition coefficient (Wildman–Crippen LogP) is 1.89. The van der Waals surface area contributed by atoms with Gasteiger partial charge in [-0.25, -0.2) is 4.79 Å². The first-order valence-corrected chi connectivity index (χ1v) is 13.3. The lowest BCUT2D eigenvalue weighted by Crippen LogP contribution is -2.81. The van der Waals surface area contributed by atoms with E-state index in [0.29, 0.717) is 16.9 Å². The molecule has 1 saturated carbocycles. The second-order valence-corrected chi connectivity index (χ2v) is 11.2. The molecule has 202 valence electrons. The number of nitrogens with one attached hydrogen (secondary N) is 1. The number of carbonyl (C=O) groups is 2. The molecule has 3 aromatic rings. The Bertz CT molecular complexity index is 1550. The highest BCUT2D eigenvalue weighted by Crippen LogP contribution is 2.64. The van der Waals surface area contributed by atoms with Crippen LogP contribution in [0.15, 0.2) is 81.1 Å². The van der Waals surface area contributed by atoms with E-state index < -0.39 is 33.7 Å². The topological polar surface area (TPSA) is 139 Å². The van der Waals surface area contributed by atoms with E-state index >= 15 is 0 Å². The molecule has 1 aliphatic carbocycles. The van der Waals surface area contributed by atoms with Crippen molar-refractivity contribution in [1.29, 1.82) is 0 Å². The number of amides is 2. The van der Waals surface area contributed by atoms with E-state index in [1.54, 1.807) is 24.3 Å². The Morgan fingerprint density at radius 3 is 2.59 bits per heavy atom. The molecule has 2 fully saturated rings. The summed E-state index contributed by atoms with van der Waals surface area (Å²) in [5, 5.41) is 23.6. The minimum atomic E-state index is -1.95. The number of aliphatic hydroxyl groups is 2. The van der Waals surface area contributed by atoms with Crippen LogP contribution < -0.4 is 15.7 Å². The number of hydrogen-bond acceptors (Lipinski definition) is 9. The number of hydrogen-bond donors (Lipinski definition) is 3. The Kier molecular flexibility index (Phi) is 6.26. The van der Waals surface area contributed by atoms with Gasteiger partial charge in [-0.15, -0.1) is 11.8 Å². The fourth-order valence-electron chi connectivity index (χ4n) is 5.23. The van der Waals surface area contributed by atoms with Gasteiger partial charge >= 0.3 is 5.63 Å². The van der Waals surface area contributed by atoms with E-state index in [4.69, 9.17) is 13.9 Å². The predicted molar refractivity (Wildman–Crippen MR) is 141 cm³/mol. The van der Waals surface area contributed by atoms with Crippen molar-refractivity contribution >= 4 is 34.5 Å². The maximum Gasteiger partial charge on any atom is 0.336 e. The summed E-state index contributed by atoms with van der Waals surface area (Å²) in [6.07, 6.45) is -0.416. The number of rotatable bonds is 8. The summed E-state index contributed by atoms with van der Waals surface area (Å²) >= 11 is 1.45. The van der Waals surface area contributed by atoms with Crippen LogP contribution in [0.3, 0.4) is 0 Å². The molecule has 0 bridgehead atoms. The molecular weight excluding hydrogens is 524 g/mol. The molecule has 2 aliphatic heterocycles. The largest absolute Gasteiger partial charge is 0.489 e. The van der Waals surface area contributed by atoms with Gasteiger partial charge in [-0.2, -0.15) is 0 Å². The highest BCUT2D eigenvalue weighted by atomic mass is 32.2. The van der Waals surface area contributed by atoms with E-state index in [9.17, 15) is 24.6 Å². The zero-order valence-electron chi connectivity index (χ0n) is 21.0. The molecule has 0 unspecified atom stereocenters. The van der Waals surface area contributed by atoms with Gasteiger partial charge < -0.3 is 29.4 Å². The van der Waals surface area contributed by atoms with Crippen LogP contribution >= 0.6 is 11.8 Å². The van der Waals surface area contributed by atoms with Gasteiger partial charge in [0.2, 0.25) is 5.91 Å². The third-order valence-corrected chi connectivity index (χ3v) is 9.23. The summed E-state index contributed by atoms with van der Waals surface area (Å²) in [6, 6.07) is 17.2. The maximum absolute atomic E-state index is 13.5. The average molecular weight is 551 g/mol. The van der Waals surface area contributed by atoms with Crippen LogP contribution in [0.5, 0.6) is 5.75 Å². The SMILES string of the molecule is CO[C@@]1(NC(=O)Cc2ccccc2)C(=O)N2C(C(O)O)=C(COc3ccc4ccc(=O)oc4c3)C3(CC3)S[C@@H]21. The van der Waals surface area contributed by atoms with Crippen molar-refractivity contribution in [2.45, 2.75) is 41.4 Å². The van der Waals surface area contributed by atoms with Crippen molar-refractivity contribution in [3.63, 3.8) is 0 Å². The summed E-state index contributed by atoms with van der Waals surface area (Å²) in [5.74, 6) is -0.547. The molecule has 2 atom stereocenters. The molecule has 2 amide bonds. The summed E-state index contributed by atoms with van der Waals surface area (Å²) in [5.41, 5.74) is -0.327. The Morgan fingerprint density at radius 2 is 1.90 bits per heavy atom. The van der Waals surface area contributed by atoms with Crippen molar-refractivity contribution in [2.75, 3.05) is 13.7 Å². The summed E-state index contributed by atoms with van der Waals surface area (Å²) in [7, 11) is 1.35. The molecule has 11 heteroatoms. The zero-order valence-corrected chi connectivity index (χ0v) is 21.8. The minimum absolute atomic E-state index is 0.0145. The number of benzene rings is 2. The maximum atomic E-state index is 13.5. The first-order chi connectivity index (χ1) is 18.8. The number of thioether (sulfide) groups is 1. The van der Waals surface area contributed by atoms with Crippen LogP contribution in [0.2, 0.25) is 0 Å². The molecule has 2 aromatic carbocycles. The number of carbonyl (C=O) groups excluding carboxylic acids is 2. The highest BCUT2D eigenvalue weighted by Gasteiger charge is 2.71. The van der Waals surface area contributed by atoms with E-state index in [-0.39, 0.29) is 24.6 Å². The van der Waals surface area contributed by atoms with Gasteiger partial charge in [0.15, 0.2) is 6.29 Å². The van der Waals surface area contributed by atoms with Crippen LogP contribution in [0.1, 0.15) is 18.4 Å². The van der Waals surface area contributed by atoms with Crippen LogP contribution in [-0.4, -0.2) is 62.8 Å². The van der Waals surface area contributed by atoms with Crippen LogP contribution in [0.4, 0.5) is 0 Å². The van der Waals surface area contributed by atoms with E-state index in [0.717, 1.165) is 23.8 Å².